The van der Waals surface area contributed by atoms with Gasteiger partial charge in [0.15, 0.2) is 11.5 Å². The maximum Gasteiger partial charge on any atom is 0.228 e. The van der Waals surface area contributed by atoms with Crippen molar-refractivity contribution in [3.63, 3.8) is 0 Å². The van der Waals surface area contributed by atoms with Crippen molar-refractivity contribution in [2.75, 3.05) is 7.11 Å². The molecule has 0 aromatic heterocycles. The molecule has 0 atom stereocenters. The molecule has 0 bridgehead atoms. The minimum absolute atomic E-state index is 0.115. The molecule has 1 aliphatic rings. The van der Waals surface area contributed by atoms with Gasteiger partial charge in [0.1, 0.15) is 0 Å². The number of hydrogen-bond acceptors (Lipinski definition) is 3. The van der Waals surface area contributed by atoms with Crippen molar-refractivity contribution in [3.05, 3.63) is 58.4 Å². The number of hydrogen-bond donors (Lipinski definition) is 0. The van der Waals surface area contributed by atoms with Gasteiger partial charge < -0.3 is 4.74 Å². The highest BCUT2D eigenvalue weighted by Gasteiger charge is 2.26. The lowest BCUT2D eigenvalue weighted by Crippen LogP contribution is -2.18. The Morgan fingerprint density at radius 1 is 1.20 bits per heavy atom. The maximum absolute atomic E-state index is 12.2. The first-order valence-corrected chi connectivity index (χ1v) is 6.64. The van der Waals surface area contributed by atoms with Crippen LogP contribution in [0.5, 0.6) is 0 Å². The summed E-state index contributed by atoms with van der Waals surface area (Å²) in [5.74, 6) is -0.276. The first-order valence-electron chi connectivity index (χ1n) is 6.64. The number of aryl methyl sites for hydroxylation is 1. The van der Waals surface area contributed by atoms with E-state index in [0.717, 1.165) is 18.4 Å². The van der Waals surface area contributed by atoms with Crippen molar-refractivity contribution in [1.29, 1.82) is 0 Å². The molecule has 0 aliphatic heterocycles. The van der Waals surface area contributed by atoms with E-state index in [1.54, 1.807) is 12.1 Å². The number of methoxy groups -OCH3 is 1. The van der Waals surface area contributed by atoms with Crippen molar-refractivity contribution >= 4 is 11.6 Å². The van der Waals surface area contributed by atoms with Gasteiger partial charge in [0, 0.05) is 17.2 Å². The number of Topliss-reactive ketones (excluding diaryl/α,β-unsaturated/α-hetero) is 1. The molecule has 0 amide bonds. The van der Waals surface area contributed by atoms with Crippen LogP contribution in [-0.4, -0.2) is 18.7 Å². The van der Waals surface area contributed by atoms with E-state index in [9.17, 15) is 9.59 Å². The van der Waals surface area contributed by atoms with Gasteiger partial charge in [0.05, 0.1) is 7.11 Å². The average molecular weight is 270 g/mol. The SMILES string of the molecule is COC1=CC(=O)c2ccc(CCC=C(C)C)cc2C1=O. The van der Waals surface area contributed by atoms with Crippen LogP contribution >= 0.6 is 0 Å². The van der Waals surface area contributed by atoms with E-state index in [4.69, 9.17) is 4.74 Å². The summed E-state index contributed by atoms with van der Waals surface area (Å²) in [5, 5.41) is 0. The predicted octanol–water partition coefficient (Wildman–Crippen LogP) is 3.49. The van der Waals surface area contributed by atoms with Crippen molar-refractivity contribution in [1.82, 2.24) is 0 Å². The van der Waals surface area contributed by atoms with Gasteiger partial charge in [-0.05, 0) is 38.3 Å². The van der Waals surface area contributed by atoms with Gasteiger partial charge in [-0.25, -0.2) is 0 Å². The lowest BCUT2D eigenvalue weighted by atomic mass is 9.91. The van der Waals surface area contributed by atoms with E-state index in [1.165, 1.54) is 18.8 Å². The third kappa shape index (κ3) is 2.87. The Balaban J connectivity index is 2.28. The Bertz CT molecular complexity index is 617. The molecular weight excluding hydrogens is 252 g/mol. The van der Waals surface area contributed by atoms with Crippen LogP contribution in [0, 0.1) is 0 Å². The second-order valence-electron chi connectivity index (χ2n) is 5.11. The molecule has 0 fully saturated rings. The average Bonchev–Trinajstić information content (AvgIpc) is 2.42. The van der Waals surface area contributed by atoms with Crippen LogP contribution in [0.2, 0.25) is 0 Å². The number of rotatable bonds is 4. The Hall–Kier alpha value is -2.16. The predicted molar refractivity (Wildman–Crippen MR) is 77.9 cm³/mol. The summed E-state index contributed by atoms with van der Waals surface area (Å²) in [5.41, 5.74) is 3.24. The zero-order chi connectivity index (χ0) is 14.7. The normalized spacial score (nSPS) is 13.7. The zero-order valence-electron chi connectivity index (χ0n) is 12.0. The Kier molecular flexibility index (Phi) is 4.18. The molecule has 0 spiro atoms. The third-order valence-electron chi connectivity index (χ3n) is 3.29. The van der Waals surface area contributed by atoms with E-state index in [2.05, 4.69) is 19.9 Å². The quantitative estimate of drug-likeness (QED) is 0.786. The van der Waals surface area contributed by atoms with E-state index >= 15 is 0 Å². The molecule has 0 N–H and O–H groups in total. The summed E-state index contributed by atoms with van der Waals surface area (Å²) in [6.07, 6.45) is 5.20. The van der Waals surface area contributed by atoms with Gasteiger partial charge >= 0.3 is 0 Å². The summed E-state index contributed by atoms with van der Waals surface area (Å²) in [4.78, 5) is 24.1. The monoisotopic (exact) mass is 270 g/mol. The summed E-state index contributed by atoms with van der Waals surface area (Å²) in [6.45, 7) is 4.12. The molecule has 1 aliphatic carbocycles. The minimum Gasteiger partial charge on any atom is -0.492 e. The molecule has 1 aromatic carbocycles. The zero-order valence-corrected chi connectivity index (χ0v) is 12.0. The van der Waals surface area contributed by atoms with Crippen molar-refractivity contribution in [3.8, 4) is 0 Å². The van der Waals surface area contributed by atoms with Crippen LogP contribution in [0.1, 0.15) is 46.5 Å². The number of carbonyl (C=O) groups excluding carboxylic acids is 2. The van der Waals surface area contributed by atoms with Gasteiger partial charge in [-0.3, -0.25) is 9.59 Å². The smallest absolute Gasteiger partial charge is 0.228 e. The van der Waals surface area contributed by atoms with Crippen LogP contribution in [0.3, 0.4) is 0 Å². The third-order valence-corrected chi connectivity index (χ3v) is 3.29. The number of benzene rings is 1. The maximum atomic E-state index is 12.2. The highest BCUT2D eigenvalue weighted by molar-refractivity contribution is 6.23. The molecule has 3 nitrogen and oxygen atoms in total. The molecule has 0 saturated heterocycles. The lowest BCUT2D eigenvalue weighted by Gasteiger charge is -2.15. The standard InChI is InChI=1S/C17H18O3/c1-11(2)5-4-6-12-7-8-13-14(9-12)17(19)16(20-3)10-15(13)18/h5,7-10H,4,6H2,1-3H3. The number of ketones is 2. The van der Waals surface area contributed by atoms with Crippen LogP contribution < -0.4 is 0 Å². The summed E-state index contributed by atoms with van der Waals surface area (Å²) < 4.78 is 4.96. The van der Waals surface area contributed by atoms with Gasteiger partial charge in [0.2, 0.25) is 5.78 Å². The van der Waals surface area contributed by atoms with Gasteiger partial charge in [-0.2, -0.15) is 0 Å². The molecule has 1 aromatic rings. The van der Waals surface area contributed by atoms with Crippen molar-refractivity contribution < 1.29 is 14.3 Å². The van der Waals surface area contributed by atoms with Gasteiger partial charge in [0.25, 0.3) is 0 Å². The number of fused-ring (bicyclic) bond motifs is 1. The Labute approximate surface area is 118 Å². The largest absolute Gasteiger partial charge is 0.492 e. The summed E-state index contributed by atoms with van der Waals surface area (Å²) in [6, 6.07) is 5.45. The van der Waals surface area contributed by atoms with Crippen LogP contribution in [-0.2, 0) is 11.2 Å². The lowest BCUT2D eigenvalue weighted by molar-refractivity contribution is 0.0916. The molecule has 20 heavy (non-hydrogen) atoms. The molecule has 104 valence electrons. The van der Waals surface area contributed by atoms with Crippen LogP contribution in [0.15, 0.2) is 41.7 Å². The molecule has 0 heterocycles. The topological polar surface area (TPSA) is 43.4 Å². The first kappa shape index (κ1) is 14.3. The number of carbonyl (C=O) groups is 2. The summed E-state index contributed by atoms with van der Waals surface area (Å²) >= 11 is 0. The first-order chi connectivity index (χ1) is 9.52. The molecule has 0 saturated carbocycles. The molecular formula is C17H18O3. The van der Waals surface area contributed by atoms with Crippen molar-refractivity contribution in [2.45, 2.75) is 26.7 Å². The van der Waals surface area contributed by atoms with Crippen molar-refractivity contribution in [2.24, 2.45) is 0 Å². The number of ether oxygens (including phenoxy) is 1. The Morgan fingerprint density at radius 3 is 2.60 bits per heavy atom. The molecule has 0 unspecified atom stereocenters. The fraction of sp³-hybridized carbons (Fsp3) is 0.294. The molecule has 3 heteroatoms. The van der Waals surface area contributed by atoms with E-state index in [1.807, 2.05) is 6.07 Å². The van der Waals surface area contributed by atoms with Crippen LogP contribution in [0.4, 0.5) is 0 Å². The highest BCUT2D eigenvalue weighted by Crippen LogP contribution is 2.23. The fourth-order valence-electron chi connectivity index (χ4n) is 2.22. The minimum atomic E-state index is -0.217. The van der Waals surface area contributed by atoms with Gasteiger partial charge in [-0.1, -0.05) is 23.8 Å². The second kappa shape index (κ2) is 5.87. The van der Waals surface area contributed by atoms with E-state index in [-0.39, 0.29) is 17.3 Å². The molecule has 2 rings (SSSR count). The highest BCUT2D eigenvalue weighted by atomic mass is 16.5. The molecule has 0 radical (unpaired) electrons. The summed E-state index contributed by atoms with van der Waals surface area (Å²) in [7, 11) is 1.40. The van der Waals surface area contributed by atoms with E-state index < -0.39 is 0 Å². The second-order valence-corrected chi connectivity index (χ2v) is 5.11. The van der Waals surface area contributed by atoms with E-state index in [0.29, 0.717) is 11.1 Å². The van der Waals surface area contributed by atoms with Crippen LogP contribution in [0.25, 0.3) is 0 Å². The number of allylic oxidation sites excluding steroid dienone is 4. The fourth-order valence-corrected chi connectivity index (χ4v) is 2.22. The van der Waals surface area contributed by atoms with Gasteiger partial charge in [-0.15, -0.1) is 0 Å². The Morgan fingerprint density at radius 2 is 1.95 bits per heavy atom.